The zero-order valence-corrected chi connectivity index (χ0v) is 19.8. The third-order valence-corrected chi connectivity index (χ3v) is 5.47. The quantitative estimate of drug-likeness (QED) is 0.156. The van der Waals surface area contributed by atoms with Crippen LogP contribution in [0.5, 0.6) is 5.75 Å². The number of hydrogen-bond acceptors (Lipinski definition) is 6. The summed E-state index contributed by atoms with van der Waals surface area (Å²) in [4.78, 5) is 12.7. The second-order valence-electron chi connectivity index (χ2n) is 8.36. The van der Waals surface area contributed by atoms with Crippen molar-refractivity contribution >= 4 is 11.7 Å². The van der Waals surface area contributed by atoms with Gasteiger partial charge in [0.25, 0.3) is 0 Å². The molecular formula is C28H31N3O3. The Morgan fingerprint density at radius 2 is 1.76 bits per heavy atom. The number of benzene rings is 2. The van der Waals surface area contributed by atoms with Gasteiger partial charge in [-0.3, -0.25) is 0 Å². The second kappa shape index (κ2) is 12.5. The van der Waals surface area contributed by atoms with Gasteiger partial charge in [-0.05, 0) is 68.3 Å². The first-order valence-electron chi connectivity index (χ1n) is 11.8. The Morgan fingerprint density at radius 3 is 2.41 bits per heavy atom. The average molecular weight is 458 g/mol. The number of hydrogen-bond donors (Lipinski definition) is 0. The van der Waals surface area contributed by atoms with E-state index in [0.29, 0.717) is 11.3 Å². The number of carbonyl (C=O) groups is 1. The van der Waals surface area contributed by atoms with Gasteiger partial charge in [0.1, 0.15) is 17.9 Å². The molecule has 0 fully saturated rings. The van der Waals surface area contributed by atoms with E-state index in [9.17, 15) is 10.1 Å². The highest BCUT2D eigenvalue weighted by atomic mass is 16.6. The molecule has 0 aliphatic heterocycles. The molecule has 176 valence electrons. The molecule has 0 saturated carbocycles. The summed E-state index contributed by atoms with van der Waals surface area (Å²) < 4.78 is 11.5. The van der Waals surface area contributed by atoms with Gasteiger partial charge in [0.05, 0.1) is 17.4 Å². The Bertz CT molecular complexity index is 1040. The molecule has 0 heterocycles. The molecule has 6 heteroatoms. The minimum absolute atomic E-state index is 0.112. The molecule has 1 atom stereocenters. The topological polar surface area (TPSA) is 84.0 Å². The molecule has 1 aliphatic rings. The van der Waals surface area contributed by atoms with E-state index in [-0.39, 0.29) is 12.1 Å². The predicted octanol–water partition coefficient (Wildman–Crippen LogP) is 7.12. The number of azo groups is 1. The van der Waals surface area contributed by atoms with Gasteiger partial charge in [-0.25, -0.2) is 4.79 Å². The Labute approximate surface area is 201 Å². The van der Waals surface area contributed by atoms with Gasteiger partial charge in [-0.15, -0.1) is 0 Å². The van der Waals surface area contributed by atoms with Crippen molar-refractivity contribution in [2.45, 2.75) is 63.7 Å². The van der Waals surface area contributed by atoms with Gasteiger partial charge in [-0.1, -0.05) is 56.5 Å². The van der Waals surface area contributed by atoms with E-state index >= 15 is 0 Å². The monoisotopic (exact) mass is 457 g/mol. The number of carbonyl (C=O) groups excluding carboxylic acids is 1. The van der Waals surface area contributed by atoms with Crippen LogP contribution in [0.15, 0.2) is 89.1 Å². The van der Waals surface area contributed by atoms with Crippen molar-refractivity contribution in [3.8, 4) is 11.8 Å². The molecule has 6 nitrogen and oxygen atoms in total. The third-order valence-electron chi connectivity index (χ3n) is 5.47. The molecule has 0 unspecified atom stereocenters. The standard InChI is InChI=1S/C28H31N3O3/c1-3-4-5-7-10-22(2)33-26-15-13-23(14-16-26)27(32)34-28(21-29)19-17-25(18-20-28)31-30-24-11-8-6-9-12-24/h6,8-9,11-20,22,25H,3-5,7,10H2,1-2H3/t22-,25?,28?/m0/s1. The summed E-state index contributed by atoms with van der Waals surface area (Å²) in [5.41, 5.74) is -0.380. The molecule has 2 aromatic rings. The molecule has 0 N–H and O–H groups in total. The lowest BCUT2D eigenvalue weighted by Gasteiger charge is -2.23. The van der Waals surface area contributed by atoms with E-state index in [1.807, 2.05) is 30.3 Å². The maximum atomic E-state index is 12.7. The molecule has 34 heavy (non-hydrogen) atoms. The summed E-state index contributed by atoms with van der Waals surface area (Å²) in [6, 6.07) is 17.9. The fourth-order valence-corrected chi connectivity index (χ4v) is 3.50. The van der Waals surface area contributed by atoms with Crippen LogP contribution in [-0.4, -0.2) is 23.7 Å². The van der Waals surface area contributed by atoms with Crippen molar-refractivity contribution in [1.82, 2.24) is 0 Å². The number of esters is 1. The summed E-state index contributed by atoms with van der Waals surface area (Å²) in [6.45, 7) is 4.25. The van der Waals surface area contributed by atoms with Crippen LogP contribution in [0.1, 0.15) is 56.3 Å². The van der Waals surface area contributed by atoms with Crippen molar-refractivity contribution < 1.29 is 14.3 Å². The zero-order valence-electron chi connectivity index (χ0n) is 19.8. The van der Waals surface area contributed by atoms with E-state index in [1.54, 1.807) is 36.4 Å². The van der Waals surface area contributed by atoms with E-state index in [4.69, 9.17) is 9.47 Å². The van der Waals surface area contributed by atoms with Crippen molar-refractivity contribution in [2.24, 2.45) is 10.2 Å². The lowest BCUT2D eigenvalue weighted by molar-refractivity contribution is 0.0338. The van der Waals surface area contributed by atoms with Crippen LogP contribution in [0.25, 0.3) is 0 Å². The van der Waals surface area contributed by atoms with Crippen molar-refractivity contribution in [3.63, 3.8) is 0 Å². The number of ether oxygens (including phenoxy) is 2. The number of nitriles is 1. The molecule has 0 spiro atoms. The first-order valence-corrected chi connectivity index (χ1v) is 11.8. The number of unbranched alkanes of at least 4 members (excludes halogenated alkanes) is 3. The van der Waals surface area contributed by atoms with Gasteiger partial charge in [-0.2, -0.15) is 15.5 Å². The van der Waals surface area contributed by atoms with Crippen LogP contribution < -0.4 is 4.74 Å². The minimum atomic E-state index is -1.47. The largest absolute Gasteiger partial charge is 0.491 e. The third kappa shape index (κ3) is 7.41. The molecule has 0 radical (unpaired) electrons. The SMILES string of the molecule is CCCCCC[C@H](C)Oc1ccc(C(=O)OC2(C#N)C=CC(N=Nc3ccccc3)C=C2)cc1. The molecular weight excluding hydrogens is 426 g/mol. The minimum Gasteiger partial charge on any atom is -0.491 e. The highest BCUT2D eigenvalue weighted by molar-refractivity contribution is 5.90. The fourth-order valence-electron chi connectivity index (χ4n) is 3.50. The van der Waals surface area contributed by atoms with Gasteiger partial charge in [0.2, 0.25) is 5.60 Å². The smallest absolute Gasteiger partial charge is 0.340 e. The molecule has 1 aliphatic carbocycles. The molecule has 0 amide bonds. The zero-order chi connectivity index (χ0) is 24.2. The van der Waals surface area contributed by atoms with Gasteiger partial charge < -0.3 is 9.47 Å². The first kappa shape index (κ1) is 24.9. The maximum Gasteiger partial charge on any atom is 0.340 e. The summed E-state index contributed by atoms with van der Waals surface area (Å²) in [7, 11) is 0. The van der Waals surface area contributed by atoms with E-state index in [0.717, 1.165) is 18.5 Å². The van der Waals surface area contributed by atoms with Crippen LogP contribution in [0.4, 0.5) is 5.69 Å². The summed E-state index contributed by atoms with van der Waals surface area (Å²) in [5.74, 6) is 0.123. The predicted molar refractivity (Wildman–Crippen MR) is 132 cm³/mol. The average Bonchev–Trinajstić information content (AvgIpc) is 2.87. The van der Waals surface area contributed by atoms with E-state index < -0.39 is 11.6 Å². The Kier molecular flexibility index (Phi) is 9.16. The van der Waals surface area contributed by atoms with E-state index in [1.165, 1.54) is 31.4 Å². The fraction of sp³-hybridized carbons (Fsp3) is 0.357. The number of nitrogens with zero attached hydrogens (tertiary/aromatic N) is 3. The van der Waals surface area contributed by atoms with Crippen molar-refractivity contribution in [1.29, 1.82) is 5.26 Å². The lowest BCUT2D eigenvalue weighted by atomic mass is 9.97. The maximum absolute atomic E-state index is 12.7. The van der Waals surface area contributed by atoms with Crippen molar-refractivity contribution in [3.05, 3.63) is 84.5 Å². The van der Waals surface area contributed by atoms with Crippen LogP contribution in [-0.2, 0) is 4.74 Å². The molecule has 2 aromatic carbocycles. The van der Waals surface area contributed by atoms with Gasteiger partial charge in [0, 0.05) is 0 Å². The second-order valence-corrected chi connectivity index (χ2v) is 8.36. The summed E-state index contributed by atoms with van der Waals surface area (Å²) in [5, 5.41) is 18.1. The molecule has 0 saturated heterocycles. The van der Waals surface area contributed by atoms with Crippen LogP contribution in [0.3, 0.4) is 0 Å². The van der Waals surface area contributed by atoms with Gasteiger partial charge >= 0.3 is 5.97 Å². The van der Waals surface area contributed by atoms with Crippen molar-refractivity contribution in [2.75, 3.05) is 0 Å². The molecule has 0 aromatic heterocycles. The Morgan fingerprint density at radius 1 is 1.06 bits per heavy atom. The van der Waals surface area contributed by atoms with Gasteiger partial charge in [0.15, 0.2) is 0 Å². The summed E-state index contributed by atoms with van der Waals surface area (Å²) >= 11 is 0. The molecule has 0 bridgehead atoms. The van der Waals surface area contributed by atoms with Crippen LogP contribution in [0, 0.1) is 11.3 Å². The highest BCUT2D eigenvalue weighted by Crippen LogP contribution is 2.24. The lowest BCUT2D eigenvalue weighted by Crippen LogP contribution is -2.31. The molecule has 3 rings (SSSR count). The summed E-state index contributed by atoms with van der Waals surface area (Å²) in [6.07, 6.45) is 12.4. The normalized spacial score (nSPS) is 20.1. The van der Waals surface area contributed by atoms with E-state index in [2.05, 4.69) is 30.1 Å². The first-order chi connectivity index (χ1) is 16.5. The van der Waals surface area contributed by atoms with Crippen LogP contribution >= 0.6 is 0 Å². The highest BCUT2D eigenvalue weighted by Gasteiger charge is 2.32. The van der Waals surface area contributed by atoms with Crippen LogP contribution in [0.2, 0.25) is 0 Å². The Hall–Kier alpha value is -3.72. The number of rotatable bonds is 11. The Balaban J connectivity index is 1.54.